The van der Waals surface area contributed by atoms with Gasteiger partial charge in [-0.15, -0.1) is 0 Å². The zero-order chi connectivity index (χ0) is 19.2. The molecule has 1 aromatic rings. The fourth-order valence-corrected chi connectivity index (χ4v) is 4.16. The average molecular weight is 378 g/mol. The highest BCUT2D eigenvalue weighted by Gasteiger charge is 2.24. The van der Waals surface area contributed by atoms with Gasteiger partial charge in [0.2, 0.25) is 5.91 Å². The summed E-state index contributed by atoms with van der Waals surface area (Å²) < 4.78 is 18.8. The zero-order valence-electron chi connectivity index (χ0n) is 16.5. The number of nitrogens with zero attached hydrogens (tertiary/aromatic N) is 2. The van der Waals surface area contributed by atoms with E-state index in [0.29, 0.717) is 18.5 Å². The van der Waals surface area contributed by atoms with Gasteiger partial charge in [-0.3, -0.25) is 14.6 Å². The van der Waals surface area contributed by atoms with Crippen molar-refractivity contribution in [3.05, 3.63) is 29.6 Å². The Kier molecular flexibility index (Phi) is 7.07. The molecule has 27 heavy (non-hydrogen) atoms. The van der Waals surface area contributed by atoms with Crippen LogP contribution in [-0.4, -0.2) is 61.6 Å². The van der Waals surface area contributed by atoms with E-state index in [2.05, 4.69) is 22.0 Å². The van der Waals surface area contributed by atoms with Crippen LogP contribution < -0.4 is 10.1 Å². The maximum Gasteiger partial charge on any atom is 0.234 e. The number of rotatable bonds is 6. The van der Waals surface area contributed by atoms with Crippen LogP contribution in [0.1, 0.15) is 38.2 Å². The van der Waals surface area contributed by atoms with Gasteiger partial charge in [0.05, 0.1) is 13.7 Å². The summed E-state index contributed by atoms with van der Waals surface area (Å²) in [5.41, 5.74) is 0.950. The van der Waals surface area contributed by atoms with Crippen molar-refractivity contribution in [3.63, 3.8) is 0 Å². The number of hydrogen-bond donors (Lipinski definition) is 1. The Morgan fingerprint density at radius 3 is 2.56 bits per heavy atom. The van der Waals surface area contributed by atoms with Gasteiger partial charge < -0.3 is 10.1 Å². The minimum absolute atomic E-state index is 0.152. The Morgan fingerprint density at radius 1 is 1.19 bits per heavy atom. The molecule has 0 unspecified atom stereocenters. The number of ether oxygens (including phenoxy) is 1. The Hall–Kier alpha value is -1.66. The van der Waals surface area contributed by atoms with Crippen molar-refractivity contribution in [1.29, 1.82) is 0 Å². The van der Waals surface area contributed by atoms with Gasteiger partial charge in [0.15, 0.2) is 11.6 Å². The molecule has 150 valence electrons. The number of benzene rings is 1. The van der Waals surface area contributed by atoms with Gasteiger partial charge in [0, 0.05) is 38.8 Å². The molecule has 6 heteroatoms. The number of carbonyl (C=O) groups excluding carboxylic acids is 1. The summed E-state index contributed by atoms with van der Waals surface area (Å²) in [6.45, 7) is 6.96. The molecule has 1 aliphatic carbocycles. The van der Waals surface area contributed by atoms with Crippen molar-refractivity contribution >= 4 is 5.91 Å². The van der Waals surface area contributed by atoms with E-state index in [1.54, 1.807) is 12.1 Å². The molecule has 3 rings (SSSR count). The quantitative estimate of drug-likeness (QED) is 0.828. The fraction of sp³-hybridized carbons (Fsp3) is 0.667. The van der Waals surface area contributed by atoms with Gasteiger partial charge in [-0.1, -0.05) is 25.8 Å². The summed E-state index contributed by atoms with van der Waals surface area (Å²) in [7, 11) is 1.47. The maximum absolute atomic E-state index is 13.8. The number of nitrogens with one attached hydrogen (secondary N) is 1. The predicted octanol–water partition coefficient (Wildman–Crippen LogP) is 2.65. The monoisotopic (exact) mass is 377 g/mol. The summed E-state index contributed by atoms with van der Waals surface area (Å²) in [4.78, 5) is 16.9. The molecule has 5 nitrogen and oxygen atoms in total. The van der Waals surface area contributed by atoms with Gasteiger partial charge in [0.25, 0.3) is 0 Å². The van der Waals surface area contributed by atoms with Crippen LogP contribution in [-0.2, 0) is 11.3 Å². The molecule has 0 aromatic heterocycles. The van der Waals surface area contributed by atoms with Crippen LogP contribution in [0.5, 0.6) is 5.75 Å². The molecule has 2 atom stereocenters. The van der Waals surface area contributed by atoms with E-state index < -0.39 is 0 Å². The average Bonchev–Trinajstić information content (AvgIpc) is 2.65. The summed E-state index contributed by atoms with van der Waals surface area (Å²) in [5, 5.41) is 3.24. The lowest BCUT2D eigenvalue weighted by Crippen LogP contribution is -2.51. The normalized spacial score (nSPS) is 24.6. The first-order valence-electron chi connectivity index (χ1n) is 10.1. The van der Waals surface area contributed by atoms with E-state index >= 15 is 0 Å². The third-order valence-electron chi connectivity index (χ3n) is 5.91. The van der Waals surface area contributed by atoms with Crippen LogP contribution >= 0.6 is 0 Å². The summed E-state index contributed by atoms with van der Waals surface area (Å²) >= 11 is 0. The Labute approximate surface area is 161 Å². The second-order valence-electron chi connectivity index (χ2n) is 7.96. The van der Waals surface area contributed by atoms with E-state index in [0.717, 1.165) is 44.7 Å². The Morgan fingerprint density at radius 2 is 1.89 bits per heavy atom. The first-order valence-corrected chi connectivity index (χ1v) is 10.1. The molecule has 0 bridgehead atoms. The lowest BCUT2D eigenvalue weighted by molar-refractivity contribution is -0.124. The minimum atomic E-state index is -0.317. The zero-order valence-corrected chi connectivity index (χ0v) is 16.5. The van der Waals surface area contributed by atoms with E-state index in [-0.39, 0.29) is 17.5 Å². The molecule has 1 N–H and O–H groups in total. The molecular formula is C21H32FN3O2. The molecule has 2 fully saturated rings. The maximum atomic E-state index is 13.8. The number of amides is 1. The largest absolute Gasteiger partial charge is 0.494 e. The van der Waals surface area contributed by atoms with Crippen molar-refractivity contribution < 1.29 is 13.9 Å². The summed E-state index contributed by atoms with van der Waals surface area (Å²) in [6.07, 6.45) is 4.84. The van der Waals surface area contributed by atoms with E-state index in [1.165, 1.54) is 26.4 Å². The second-order valence-corrected chi connectivity index (χ2v) is 7.96. The number of carbonyl (C=O) groups is 1. The molecule has 1 heterocycles. The number of methoxy groups -OCH3 is 1. The van der Waals surface area contributed by atoms with Crippen molar-refractivity contribution in [2.45, 2.75) is 45.2 Å². The highest BCUT2D eigenvalue weighted by Crippen LogP contribution is 2.23. The number of halogens is 1. The van der Waals surface area contributed by atoms with Gasteiger partial charge >= 0.3 is 0 Å². The van der Waals surface area contributed by atoms with Crippen LogP contribution in [0, 0.1) is 11.7 Å². The molecular weight excluding hydrogens is 345 g/mol. The molecule has 1 saturated carbocycles. The molecule has 1 amide bonds. The summed E-state index contributed by atoms with van der Waals surface area (Å²) in [6, 6.07) is 5.48. The minimum Gasteiger partial charge on any atom is -0.494 e. The third-order valence-corrected chi connectivity index (χ3v) is 5.91. The standard InChI is InChI=1S/C21H32FN3O2/c1-16-5-3-4-6-19(16)23-21(26)15-25-11-9-24(10-12-25)14-17-7-8-20(27-2)18(22)13-17/h7-8,13,16,19H,3-6,9-12,14-15H2,1-2H3,(H,23,26)/t16-,19-/m1/s1. The SMILES string of the molecule is COc1ccc(CN2CCN(CC(=O)N[C@@H]3CCCC[C@H]3C)CC2)cc1F. The highest BCUT2D eigenvalue weighted by atomic mass is 19.1. The Balaban J connectivity index is 1.40. The van der Waals surface area contributed by atoms with Gasteiger partial charge in [0.1, 0.15) is 0 Å². The molecule has 0 spiro atoms. The van der Waals surface area contributed by atoms with Crippen LogP contribution in [0.4, 0.5) is 4.39 Å². The van der Waals surface area contributed by atoms with Crippen LogP contribution in [0.2, 0.25) is 0 Å². The van der Waals surface area contributed by atoms with Gasteiger partial charge in [-0.25, -0.2) is 4.39 Å². The van der Waals surface area contributed by atoms with Crippen molar-refractivity contribution in [1.82, 2.24) is 15.1 Å². The molecule has 0 radical (unpaired) electrons. The molecule has 1 aromatic carbocycles. The van der Waals surface area contributed by atoms with Crippen LogP contribution in [0.3, 0.4) is 0 Å². The third kappa shape index (κ3) is 5.66. The smallest absolute Gasteiger partial charge is 0.234 e. The Bertz CT molecular complexity index is 632. The first kappa shape index (κ1) is 20.1. The summed E-state index contributed by atoms with van der Waals surface area (Å²) in [5.74, 6) is 0.702. The number of hydrogen-bond acceptors (Lipinski definition) is 4. The topological polar surface area (TPSA) is 44.8 Å². The molecule has 2 aliphatic rings. The van der Waals surface area contributed by atoms with E-state index in [4.69, 9.17) is 4.74 Å². The van der Waals surface area contributed by atoms with E-state index in [1.807, 2.05) is 6.07 Å². The van der Waals surface area contributed by atoms with Crippen LogP contribution in [0.25, 0.3) is 0 Å². The van der Waals surface area contributed by atoms with Crippen molar-refractivity contribution in [3.8, 4) is 5.75 Å². The molecule has 1 aliphatic heterocycles. The number of piperazine rings is 1. The van der Waals surface area contributed by atoms with E-state index in [9.17, 15) is 9.18 Å². The van der Waals surface area contributed by atoms with Crippen molar-refractivity contribution in [2.24, 2.45) is 5.92 Å². The van der Waals surface area contributed by atoms with Gasteiger partial charge in [-0.05, 0) is 36.5 Å². The highest BCUT2D eigenvalue weighted by molar-refractivity contribution is 5.78. The molecule has 1 saturated heterocycles. The second kappa shape index (κ2) is 9.51. The first-order chi connectivity index (χ1) is 13.0. The predicted molar refractivity (Wildman–Crippen MR) is 104 cm³/mol. The van der Waals surface area contributed by atoms with Crippen molar-refractivity contribution in [2.75, 3.05) is 39.8 Å². The lowest BCUT2D eigenvalue weighted by atomic mass is 9.86. The lowest BCUT2D eigenvalue weighted by Gasteiger charge is -2.35. The fourth-order valence-electron chi connectivity index (χ4n) is 4.16. The van der Waals surface area contributed by atoms with Gasteiger partial charge in [-0.2, -0.15) is 0 Å². The van der Waals surface area contributed by atoms with Crippen LogP contribution in [0.15, 0.2) is 18.2 Å².